The topological polar surface area (TPSA) is 20.2 Å². The maximum absolute atomic E-state index is 10.7. The normalized spacial score (nSPS) is 57.8. The molecule has 4 fully saturated rings. The fourth-order valence-electron chi connectivity index (χ4n) is 8.15. The summed E-state index contributed by atoms with van der Waals surface area (Å²) < 4.78 is 0. The first-order valence-electron chi connectivity index (χ1n) is 10.2. The van der Waals surface area contributed by atoms with Gasteiger partial charge >= 0.3 is 0 Å². The average molecular weight is 305 g/mol. The summed E-state index contributed by atoms with van der Waals surface area (Å²) in [6.45, 7) is 7.49. The van der Waals surface area contributed by atoms with Crippen molar-refractivity contribution in [3.63, 3.8) is 0 Å². The van der Waals surface area contributed by atoms with E-state index < -0.39 is 0 Å². The summed E-state index contributed by atoms with van der Waals surface area (Å²) in [6.07, 6.45) is 14.0. The minimum absolute atomic E-state index is 0.0179. The molecule has 0 unspecified atom stereocenters. The molecule has 0 saturated heterocycles. The van der Waals surface area contributed by atoms with Crippen molar-refractivity contribution in [2.75, 3.05) is 0 Å². The minimum atomic E-state index is -0.0179. The van der Waals surface area contributed by atoms with E-state index in [1.807, 2.05) is 0 Å². The molecule has 0 aliphatic heterocycles. The van der Waals surface area contributed by atoms with Crippen molar-refractivity contribution in [3.8, 4) is 0 Å². The number of hydrogen-bond acceptors (Lipinski definition) is 1. The van der Waals surface area contributed by atoms with Crippen LogP contribution < -0.4 is 0 Å². The molecule has 0 aromatic carbocycles. The number of aliphatic hydroxyl groups excluding tert-OH is 1. The lowest BCUT2D eigenvalue weighted by Gasteiger charge is -2.60. The Bertz CT molecular complexity index is 426. The Kier molecular flexibility index (Phi) is 3.68. The molecular formula is C21H36O. The monoisotopic (exact) mass is 304 g/mol. The van der Waals surface area contributed by atoms with Crippen LogP contribution in [0.25, 0.3) is 0 Å². The van der Waals surface area contributed by atoms with Gasteiger partial charge in [0.1, 0.15) is 0 Å². The van der Waals surface area contributed by atoms with Crippen molar-refractivity contribution < 1.29 is 5.11 Å². The Balaban J connectivity index is 1.64. The smallest absolute Gasteiger partial charge is 0.0576 e. The van der Waals surface area contributed by atoms with Crippen LogP contribution in [-0.2, 0) is 0 Å². The molecule has 0 radical (unpaired) electrons. The first-order valence-corrected chi connectivity index (χ1v) is 10.2. The first-order chi connectivity index (χ1) is 10.5. The molecule has 0 aromatic rings. The highest BCUT2D eigenvalue weighted by Crippen LogP contribution is 2.67. The zero-order chi connectivity index (χ0) is 15.5. The van der Waals surface area contributed by atoms with E-state index in [2.05, 4.69) is 20.8 Å². The second-order valence-electron chi connectivity index (χ2n) is 9.77. The summed E-state index contributed by atoms with van der Waals surface area (Å²) in [5.41, 5.74) is 1.07. The van der Waals surface area contributed by atoms with Gasteiger partial charge in [-0.05, 0) is 85.4 Å². The minimum Gasteiger partial charge on any atom is -0.393 e. The van der Waals surface area contributed by atoms with Crippen LogP contribution in [0.15, 0.2) is 0 Å². The van der Waals surface area contributed by atoms with Crippen LogP contribution in [0.2, 0.25) is 0 Å². The highest BCUT2D eigenvalue weighted by Gasteiger charge is 2.61. The van der Waals surface area contributed by atoms with Crippen molar-refractivity contribution in [1.29, 1.82) is 0 Å². The van der Waals surface area contributed by atoms with Gasteiger partial charge in [-0.1, -0.05) is 40.0 Å². The van der Waals surface area contributed by atoms with Crippen LogP contribution in [0.5, 0.6) is 0 Å². The molecule has 4 aliphatic rings. The third kappa shape index (κ3) is 1.93. The van der Waals surface area contributed by atoms with Crippen molar-refractivity contribution in [2.24, 2.45) is 40.4 Å². The maximum Gasteiger partial charge on any atom is 0.0576 e. The fourth-order valence-corrected chi connectivity index (χ4v) is 8.15. The first kappa shape index (κ1) is 15.5. The molecule has 8 atom stereocenters. The zero-order valence-electron chi connectivity index (χ0n) is 15.0. The Hall–Kier alpha value is -0.0400. The second-order valence-corrected chi connectivity index (χ2v) is 9.77. The van der Waals surface area contributed by atoms with Crippen LogP contribution in [0.4, 0.5) is 0 Å². The summed E-state index contributed by atoms with van der Waals surface area (Å²) in [5, 5.41) is 10.7. The van der Waals surface area contributed by atoms with E-state index in [-0.39, 0.29) is 6.10 Å². The van der Waals surface area contributed by atoms with Crippen LogP contribution in [-0.4, -0.2) is 11.2 Å². The van der Waals surface area contributed by atoms with Crippen molar-refractivity contribution in [2.45, 2.75) is 91.1 Å². The van der Waals surface area contributed by atoms with Crippen molar-refractivity contribution in [1.82, 2.24) is 0 Å². The van der Waals surface area contributed by atoms with Gasteiger partial charge in [0.25, 0.3) is 0 Å². The highest BCUT2D eigenvalue weighted by atomic mass is 16.3. The average Bonchev–Trinajstić information content (AvgIpc) is 2.76. The van der Waals surface area contributed by atoms with Gasteiger partial charge in [0.05, 0.1) is 6.10 Å². The van der Waals surface area contributed by atoms with Gasteiger partial charge in [-0.15, -0.1) is 0 Å². The molecule has 4 saturated carbocycles. The molecule has 0 aromatic heterocycles. The molecule has 1 nitrogen and oxygen atoms in total. The summed E-state index contributed by atoms with van der Waals surface area (Å²) in [7, 11) is 0. The predicted molar refractivity (Wildman–Crippen MR) is 91.5 cm³/mol. The number of fused-ring (bicyclic) bond motifs is 5. The van der Waals surface area contributed by atoms with Crippen molar-refractivity contribution in [3.05, 3.63) is 0 Å². The van der Waals surface area contributed by atoms with Gasteiger partial charge in [0.15, 0.2) is 0 Å². The molecule has 4 aliphatic carbocycles. The van der Waals surface area contributed by atoms with E-state index in [1.165, 1.54) is 57.8 Å². The third-order valence-corrected chi connectivity index (χ3v) is 9.27. The Labute approximate surface area is 137 Å². The molecule has 0 heterocycles. The lowest BCUT2D eigenvalue weighted by atomic mass is 9.45. The van der Waals surface area contributed by atoms with E-state index in [1.54, 1.807) is 0 Å². The van der Waals surface area contributed by atoms with E-state index in [9.17, 15) is 5.11 Å². The molecule has 1 N–H and O–H groups in total. The van der Waals surface area contributed by atoms with Crippen molar-refractivity contribution >= 4 is 0 Å². The molecule has 1 heteroatoms. The third-order valence-electron chi connectivity index (χ3n) is 9.27. The van der Waals surface area contributed by atoms with Crippen LogP contribution >= 0.6 is 0 Å². The van der Waals surface area contributed by atoms with Gasteiger partial charge in [-0.2, -0.15) is 0 Å². The van der Waals surface area contributed by atoms with Gasteiger partial charge < -0.3 is 5.11 Å². The molecule has 22 heavy (non-hydrogen) atoms. The van der Waals surface area contributed by atoms with Crippen LogP contribution in [0.3, 0.4) is 0 Å². The summed E-state index contributed by atoms with van der Waals surface area (Å²) in [5.74, 6) is 4.28. The molecule has 0 bridgehead atoms. The number of rotatable bonds is 1. The Morgan fingerprint density at radius 3 is 2.50 bits per heavy atom. The maximum atomic E-state index is 10.7. The van der Waals surface area contributed by atoms with Gasteiger partial charge in [-0.25, -0.2) is 0 Å². The predicted octanol–water partition coefficient (Wildman–Crippen LogP) is 5.42. The lowest BCUT2D eigenvalue weighted by molar-refractivity contribution is -0.111. The van der Waals surface area contributed by atoms with Gasteiger partial charge in [0, 0.05) is 0 Å². The SMILES string of the molecule is CC[C@@H]1[C@H](O)C[C@@H]2[C@@H]3CC[C@H]4CCCC[C@]4(C)[C@@H]3CC[C@]21C. The second kappa shape index (κ2) is 5.23. The zero-order valence-corrected chi connectivity index (χ0v) is 15.0. The Morgan fingerprint density at radius 1 is 0.909 bits per heavy atom. The standard InChI is InChI=1S/C21H36O/c1-4-16-19(22)13-18-15-9-8-14-7-5-6-11-20(14,2)17(15)10-12-21(16,18)3/h14-19,22H,4-13H2,1-3H3/t14-,15-,16-,17-,18-,19-,20+,21+/m1/s1. The van der Waals surface area contributed by atoms with E-state index in [0.29, 0.717) is 16.7 Å². The van der Waals surface area contributed by atoms with Crippen LogP contribution in [0, 0.1) is 40.4 Å². The summed E-state index contributed by atoms with van der Waals surface area (Å²) in [4.78, 5) is 0. The van der Waals surface area contributed by atoms with E-state index in [0.717, 1.165) is 30.1 Å². The molecule has 126 valence electrons. The molecule has 4 rings (SSSR count). The fraction of sp³-hybridized carbons (Fsp3) is 1.00. The molecule has 0 spiro atoms. The van der Waals surface area contributed by atoms with E-state index in [4.69, 9.17) is 0 Å². The molecule has 0 amide bonds. The quantitative estimate of drug-likeness (QED) is 0.686. The van der Waals surface area contributed by atoms with Gasteiger partial charge in [0.2, 0.25) is 0 Å². The van der Waals surface area contributed by atoms with E-state index >= 15 is 0 Å². The lowest BCUT2D eigenvalue weighted by Crippen LogP contribution is -2.52. The van der Waals surface area contributed by atoms with Gasteiger partial charge in [-0.3, -0.25) is 0 Å². The number of aliphatic hydroxyl groups is 1. The highest BCUT2D eigenvalue weighted by molar-refractivity contribution is 5.10. The summed E-state index contributed by atoms with van der Waals surface area (Å²) in [6, 6.07) is 0. The van der Waals surface area contributed by atoms with Crippen LogP contribution in [0.1, 0.15) is 85.0 Å². The number of hydrogen-bond donors (Lipinski definition) is 1. The Morgan fingerprint density at radius 2 is 1.73 bits per heavy atom. The summed E-state index contributed by atoms with van der Waals surface area (Å²) >= 11 is 0. The largest absolute Gasteiger partial charge is 0.393 e. The molecular weight excluding hydrogens is 268 g/mol.